The van der Waals surface area contributed by atoms with Gasteiger partial charge in [0, 0.05) is 38.5 Å². The van der Waals surface area contributed by atoms with Crippen LogP contribution in [0.1, 0.15) is 16.4 Å². The molecular formula is C16H18N6O3. The maximum Gasteiger partial charge on any atom is 0.275 e. The number of amides is 1. The molecule has 0 saturated carbocycles. The zero-order valence-corrected chi connectivity index (χ0v) is 13.7. The minimum atomic E-state index is -0.713. The summed E-state index contributed by atoms with van der Waals surface area (Å²) in [4.78, 5) is 20.5. The van der Waals surface area contributed by atoms with E-state index in [1.54, 1.807) is 11.8 Å². The fourth-order valence-electron chi connectivity index (χ4n) is 3.05. The molecular weight excluding hydrogens is 324 g/mol. The molecule has 1 fully saturated rings. The number of β-amino-alcohol motifs (C(OH)–C–C–N with tert-alkyl or cyclic N) is 1. The van der Waals surface area contributed by atoms with E-state index in [0.717, 1.165) is 10.9 Å². The van der Waals surface area contributed by atoms with Crippen LogP contribution in [0.15, 0.2) is 28.8 Å². The van der Waals surface area contributed by atoms with Crippen molar-refractivity contribution in [3.63, 3.8) is 0 Å². The minimum Gasteiger partial charge on any atom is -0.389 e. The number of rotatable bonds is 2. The number of aromatic amines is 1. The maximum atomic E-state index is 12.9. The molecule has 2 aromatic heterocycles. The van der Waals surface area contributed by atoms with Gasteiger partial charge in [0.05, 0.1) is 11.6 Å². The Morgan fingerprint density at radius 1 is 1.32 bits per heavy atom. The minimum absolute atomic E-state index is 0.206. The van der Waals surface area contributed by atoms with Gasteiger partial charge in [0.25, 0.3) is 11.9 Å². The summed E-state index contributed by atoms with van der Waals surface area (Å²) in [6.07, 6.45) is -0.713. The highest BCUT2D eigenvalue weighted by Crippen LogP contribution is 2.19. The molecule has 0 bridgehead atoms. The summed E-state index contributed by atoms with van der Waals surface area (Å²) in [5.41, 5.74) is 1.18. The SMILES string of the molecule is Cc1nc(N2CCN(C(=O)c3n[nH]c4ccccc34)C[C@H](O)C2)no1. The first-order chi connectivity index (χ1) is 12.1. The van der Waals surface area contributed by atoms with E-state index in [0.29, 0.717) is 37.2 Å². The number of carbonyl (C=O) groups is 1. The van der Waals surface area contributed by atoms with Crippen molar-refractivity contribution < 1.29 is 14.4 Å². The third kappa shape index (κ3) is 2.93. The number of hydrogen-bond donors (Lipinski definition) is 2. The van der Waals surface area contributed by atoms with Gasteiger partial charge in [0.1, 0.15) is 0 Å². The lowest BCUT2D eigenvalue weighted by atomic mass is 10.2. The van der Waals surface area contributed by atoms with Crippen LogP contribution in [0.4, 0.5) is 5.95 Å². The van der Waals surface area contributed by atoms with Crippen LogP contribution >= 0.6 is 0 Å². The van der Waals surface area contributed by atoms with Crippen LogP contribution in [0, 0.1) is 6.92 Å². The van der Waals surface area contributed by atoms with Crippen LogP contribution in [-0.2, 0) is 0 Å². The molecule has 3 heterocycles. The number of nitrogens with zero attached hydrogens (tertiary/aromatic N) is 5. The molecule has 130 valence electrons. The highest BCUT2D eigenvalue weighted by Gasteiger charge is 2.28. The molecule has 9 heteroatoms. The molecule has 3 aromatic rings. The van der Waals surface area contributed by atoms with E-state index in [2.05, 4.69) is 20.3 Å². The Balaban J connectivity index is 1.55. The Kier molecular flexibility index (Phi) is 3.85. The second kappa shape index (κ2) is 6.17. The van der Waals surface area contributed by atoms with Gasteiger partial charge in [-0.1, -0.05) is 18.2 Å². The first kappa shape index (κ1) is 15.6. The number of para-hydroxylation sites is 1. The summed E-state index contributed by atoms with van der Waals surface area (Å²) in [5.74, 6) is 0.684. The lowest BCUT2D eigenvalue weighted by Crippen LogP contribution is -2.38. The second-order valence-electron chi connectivity index (χ2n) is 6.08. The molecule has 1 aliphatic heterocycles. The third-order valence-electron chi connectivity index (χ3n) is 4.26. The van der Waals surface area contributed by atoms with Gasteiger partial charge in [0.15, 0.2) is 5.69 Å². The summed E-state index contributed by atoms with van der Waals surface area (Å²) in [5, 5.41) is 22.0. The average Bonchev–Trinajstić information content (AvgIpc) is 3.17. The van der Waals surface area contributed by atoms with E-state index in [1.807, 2.05) is 29.2 Å². The summed E-state index contributed by atoms with van der Waals surface area (Å²) in [6, 6.07) is 7.48. The number of fused-ring (bicyclic) bond motifs is 1. The number of carbonyl (C=O) groups excluding carboxylic acids is 1. The zero-order valence-electron chi connectivity index (χ0n) is 13.7. The Morgan fingerprint density at radius 2 is 2.16 bits per heavy atom. The Labute approximate surface area is 143 Å². The van der Waals surface area contributed by atoms with Gasteiger partial charge >= 0.3 is 0 Å². The van der Waals surface area contributed by atoms with Gasteiger partial charge in [-0.3, -0.25) is 9.89 Å². The van der Waals surface area contributed by atoms with Gasteiger partial charge in [-0.25, -0.2) is 0 Å². The van der Waals surface area contributed by atoms with Crippen molar-refractivity contribution >= 4 is 22.8 Å². The number of aryl methyl sites for hydroxylation is 1. The second-order valence-corrected chi connectivity index (χ2v) is 6.08. The molecule has 9 nitrogen and oxygen atoms in total. The fraction of sp³-hybridized carbons (Fsp3) is 0.375. The molecule has 25 heavy (non-hydrogen) atoms. The molecule has 2 N–H and O–H groups in total. The van der Waals surface area contributed by atoms with Gasteiger partial charge in [-0.05, 0) is 11.2 Å². The molecule has 1 atom stereocenters. The lowest BCUT2D eigenvalue weighted by Gasteiger charge is -2.20. The quantitative estimate of drug-likeness (QED) is 0.700. The standard InChI is InChI=1S/C16H18N6O3/c1-10-17-16(20-25-10)22-7-6-21(8-11(23)9-22)15(24)14-12-4-2-3-5-13(12)18-19-14/h2-5,11,23H,6-9H2,1H3,(H,18,19)/t11-/m0/s1. The summed E-state index contributed by atoms with van der Waals surface area (Å²) < 4.78 is 5.00. The number of anilines is 1. The van der Waals surface area contributed by atoms with Crippen molar-refractivity contribution in [3.8, 4) is 0 Å². The molecule has 0 radical (unpaired) electrons. The first-order valence-corrected chi connectivity index (χ1v) is 8.07. The predicted octanol–water partition coefficient (Wildman–Crippen LogP) is 0.578. The number of aromatic nitrogens is 4. The lowest BCUT2D eigenvalue weighted by molar-refractivity contribution is 0.0670. The molecule has 0 spiro atoms. The largest absolute Gasteiger partial charge is 0.389 e. The van der Waals surface area contributed by atoms with Crippen LogP contribution in [0.25, 0.3) is 10.9 Å². The van der Waals surface area contributed by atoms with Crippen molar-refractivity contribution in [2.24, 2.45) is 0 Å². The van der Waals surface area contributed by atoms with Gasteiger partial charge in [0.2, 0.25) is 5.89 Å². The van der Waals surface area contributed by atoms with Crippen LogP contribution in [0.5, 0.6) is 0 Å². The number of nitrogens with one attached hydrogen (secondary N) is 1. The topological polar surface area (TPSA) is 111 Å². The summed E-state index contributed by atoms with van der Waals surface area (Å²) >= 11 is 0. The number of aliphatic hydroxyl groups is 1. The number of H-pyrrole nitrogens is 1. The molecule has 4 rings (SSSR count). The Morgan fingerprint density at radius 3 is 2.96 bits per heavy atom. The fourth-order valence-corrected chi connectivity index (χ4v) is 3.05. The maximum absolute atomic E-state index is 12.9. The first-order valence-electron chi connectivity index (χ1n) is 8.07. The van der Waals surface area contributed by atoms with Crippen LogP contribution in [0.2, 0.25) is 0 Å². The number of benzene rings is 1. The molecule has 1 saturated heterocycles. The normalized spacial score (nSPS) is 18.6. The van der Waals surface area contributed by atoms with Crippen molar-refractivity contribution in [3.05, 3.63) is 35.9 Å². The van der Waals surface area contributed by atoms with Crippen LogP contribution in [0.3, 0.4) is 0 Å². The highest BCUT2D eigenvalue weighted by atomic mass is 16.5. The average molecular weight is 342 g/mol. The van der Waals surface area contributed by atoms with Crippen molar-refractivity contribution in [2.75, 3.05) is 31.1 Å². The van der Waals surface area contributed by atoms with E-state index in [-0.39, 0.29) is 12.5 Å². The molecule has 1 aliphatic rings. The van der Waals surface area contributed by atoms with Gasteiger partial charge in [-0.15, -0.1) is 0 Å². The number of aliphatic hydroxyl groups excluding tert-OH is 1. The molecule has 1 amide bonds. The van der Waals surface area contributed by atoms with E-state index < -0.39 is 6.10 Å². The van der Waals surface area contributed by atoms with Crippen molar-refractivity contribution in [2.45, 2.75) is 13.0 Å². The third-order valence-corrected chi connectivity index (χ3v) is 4.26. The highest BCUT2D eigenvalue weighted by molar-refractivity contribution is 6.04. The van der Waals surface area contributed by atoms with E-state index in [4.69, 9.17) is 4.52 Å². The van der Waals surface area contributed by atoms with Gasteiger partial charge < -0.3 is 19.4 Å². The number of hydrogen-bond acceptors (Lipinski definition) is 7. The van der Waals surface area contributed by atoms with E-state index in [1.165, 1.54) is 0 Å². The Bertz CT molecular complexity index is 904. The summed E-state index contributed by atoms with van der Waals surface area (Å²) in [6.45, 7) is 3.22. The summed E-state index contributed by atoms with van der Waals surface area (Å²) in [7, 11) is 0. The van der Waals surface area contributed by atoms with Crippen molar-refractivity contribution in [1.29, 1.82) is 0 Å². The molecule has 0 aliphatic carbocycles. The predicted molar refractivity (Wildman–Crippen MR) is 89.3 cm³/mol. The zero-order chi connectivity index (χ0) is 17.4. The van der Waals surface area contributed by atoms with Crippen LogP contribution in [-0.4, -0.2) is 68.5 Å². The van der Waals surface area contributed by atoms with E-state index >= 15 is 0 Å². The smallest absolute Gasteiger partial charge is 0.275 e. The molecule has 1 aromatic carbocycles. The van der Waals surface area contributed by atoms with Crippen molar-refractivity contribution in [1.82, 2.24) is 25.2 Å². The van der Waals surface area contributed by atoms with Gasteiger partial charge in [-0.2, -0.15) is 10.1 Å². The molecule has 0 unspecified atom stereocenters. The van der Waals surface area contributed by atoms with Crippen LogP contribution < -0.4 is 4.90 Å². The Hall–Kier alpha value is -2.94. The van der Waals surface area contributed by atoms with E-state index in [9.17, 15) is 9.90 Å². The monoisotopic (exact) mass is 342 g/mol.